The van der Waals surface area contributed by atoms with Crippen LogP contribution in [0.4, 0.5) is 5.69 Å². The fourth-order valence-electron chi connectivity index (χ4n) is 4.12. The SMILES string of the molecule is C[C@@H]1CCC[C@@H]([NH+]2CCN(S(=O)(=O)c3ccc([N+](=O)[O-])cc3)CC2)C1. The number of nitro benzene ring substituents is 1. The van der Waals surface area contributed by atoms with Crippen molar-refractivity contribution >= 4 is 15.7 Å². The highest BCUT2D eigenvalue weighted by Gasteiger charge is 2.35. The molecule has 0 spiro atoms. The molecular formula is C17H26N3O4S+. The lowest BCUT2D eigenvalue weighted by Crippen LogP contribution is -3.18. The average molecular weight is 368 g/mol. The van der Waals surface area contributed by atoms with Crippen molar-refractivity contribution in [2.75, 3.05) is 26.2 Å². The molecule has 2 aliphatic rings. The van der Waals surface area contributed by atoms with Crippen LogP contribution in [-0.4, -0.2) is 49.9 Å². The molecule has 8 heteroatoms. The molecule has 1 aromatic carbocycles. The van der Waals surface area contributed by atoms with Crippen LogP contribution < -0.4 is 4.90 Å². The van der Waals surface area contributed by atoms with Gasteiger partial charge in [0, 0.05) is 18.6 Å². The van der Waals surface area contributed by atoms with Gasteiger partial charge in [-0.2, -0.15) is 4.31 Å². The van der Waals surface area contributed by atoms with E-state index in [9.17, 15) is 18.5 Å². The minimum absolute atomic E-state index is 0.0976. The first-order valence-electron chi connectivity index (χ1n) is 8.97. The molecule has 0 amide bonds. The van der Waals surface area contributed by atoms with Gasteiger partial charge in [0.1, 0.15) is 0 Å². The molecule has 1 heterocycles. The third-order valence-corrected chi connectivity index (χ3v) is 7.48. The van der Waals surface area contributed by atoms with Crippen molar-refractivity contribution in [1.82, 2.24) is 4.31 Å². The van der Waals surface area contributed by atoms with Gasteiger partial charge in [-0.25, -0.2) is 8.42 Å². The third-order valence-electron chi connectivity index (χ3n) is 5.56. The van der Waals surface area contributed by atoms with Crippen LogP contribution in [0.1, 0.15) is 32.6 Å². The molecule has 138 valence electrons. The standard InChI is InChI=1S/C17H25N3O4S/c1-14-3-2-4-16(13-14)18-9-11-19(12-10-18)25(23,24)17-7-5-15(6-8-17)20(21)22/h5-8,14,16H,2-4,9-13H2,1H3/p+1/t14-,16-/m1/s1. The van der Waals surface area contributed by atoms with Gasteiger partial charge in [-0.1, -0.05) is 13.3 Å². The van der Waals surface area contributed by atoms with E-state index in [1.807, 2.05) is 0 Å². The van der Waals surface area contributed by atoms with Crippen molar-refractivity contribution in [3.63, 3.8) is 0 Å². The van der Waals surface area contributed by atoms with Crippen molar-refractivity contribution < 1.29 is 18.2 Å². The third kappa shape index (κ3) is 4.02. The predicted molar refractivity (Wildman–Crippen MR) is 94.0 cm³/mol. The maximum absolute atomic E-state index is 12.8. The largest absolute Gasteiger partial charge is 0.330 e. The summed E-state index contributed by atoms with van der Waals surface area (Å²) < 4.78 is 27.0. The number of sulfonamides is 1. The van der Waals surface area contributed by atoms with Gasteiger partial charge in [0.25, 0.3) is 5.69 Å². The minimum atomic E-state index is -3.57. The van der Waals surface area contributed by atoms with Crippen LogP contribution >= 0.6 is 0 Å². The Bertz CT molecular complexity index is 712. The van der Waals surface area contributed by atoms with Gasteiger partial charge in [0.2, 0.25) is 10.0 Å². The maximum atomic E-state index is 12.8. The normalized spacial score (nSPS) is 26.4. The van der Waals surface area contributed by atoms with Gasteiger partial charge in [0.15, 0.2) is 0 Å². The van der Waals surface area contributed by atoms with Gasteiger partial charge in [-0.15, -0.1) is 0 Å². The topological polar surface area (TPSA) is 85.0 Å². The summed E-state index contributed by atoms with van der Waals surface area (Å²) in [5, 5.41) is 10.7. The summed E-state index contributed by atoms with van der Waals surface area (Å²) in [4.78, 5) is 11.9. The molecule has 3 rings (SSSR count). The van der Waals surface area contributed by atoms with E-state index in [1.165, 1.54) is 59.2 Å². The van der Waals surface area contributed by atoms with Gasteiger partial charge < -0.3 is 4.90 Å². The fraction of sp³-hybridized carbons (Fsp3) is 0.647. The number of non-ortho nitro benzene ring substituents is 1. The number of nitrogens with one attached hydrogen (secondary N) is 1. The summed E-state index contributed by atoms with van der Waals surface area (Å²) in [7, 11) is -3.57. The Morgan fingerprint density at radius 3 is 2.36 bits per heavy atom. The fourth-order valence-corrected chi connectivity index (χ4v) is 5.56. The number of rotatable bonds is 4. The van der Waals surface area contributed by atoms with E-state index in [0.29, 0.717) is 19.1 Å². The molecule has 0 aromatic heterocycles. The molecule has 2 atom stereocenters. The molecule has 1 saturated heterocycles. The molecule has 0 unspecified atom stereocenters. The lowest BCUT2D eigenvalue weighted by Gasteiger charge is -2.38. The number of hydrogen-bond acceptors (Lipinski definition) is 4. The summed E-state index contributed by atoms with van der Waals surface area (Å²) in [5.41, 5.74) is -0.0976. The first kappa shape index (κ1) is 18.3. The monoisotopic (exact) mass is 368 g/mol. The Hall–Kier alpha value is -1.51. The smallest absolute Gasteiger partial charge is 0.269 e. The van der Waals surface area contributed by atoms with Crippen LogP contribution in [0.25, 0.3) is 0 Å². The van der Waals surface area contributed by atoms with Gasteiger partial charge in [-0.3, -0.25) is 10.1 Å². The van der Waals surface area contributed by atoms with Crippen LogP contribution in [0.3, 0.4) is 0 Å². The Labute approximate surface area is 148 Å². The summed E-state index contributed by atoms with van der Waals surface area (Å²) >= 11 is 0. The van der Waals surface area contributed by atoms with E-state index in [-0.39, 0.29) is 10.6 Å². The van der Waals surface area contributed by atoms with Gasteiger partial charge >= 0.3 is 0 Å². The Morgan fingerprint density at radius 2 is 1.80 bits per heavy atom. The highest BCUT2D eigenvalue weighted by molar-refractivity contribution is 7.89. The van der Waals surface area contributed by atoms with Crippen molar-refractivity contribution in [2.24, 2.45) is 5.92 Å². The number of piperazine rings is 1. The lowest BCUT2D eigenvalue weighted by molar-refractivity contribution is -0.930. The average Bonchev–Trinajstić information content (AvgIpc) is 2.62. The van der Waals surface area contributed by atoms with Crippen molar-refractivity contribution in [3.05, 3.63) is 34.4 Å². The van der Waals surface area contributed by atoms with Gasteiger partial charge in [-0.05, 0) is 30.9 Å². The van der Waals surface area contributed by atoms with Crippen LogP contribution in [-0.2, 0) is 10.0 Å². The molecule has 1 aliphatic heterocycles. The maximum Gasteiger partial charge on any atom is 0.269 e. The highest BCUT2D eigenvalue weighted by Crippen LogP contribution is 2.23. The molecule has 7 nitrogen and oxygen atoms in total. The minimum Gasteiger partial charge on any atom is -0.330 e. The Kier molecular flexibility index (Phi) is 5.41. The van der Waals surface area contributed by atoms with Crippen LogP contribution in [0, 0.1) is 16.0 Å². The molecule has 2 fully saturated rings. The number of benzene rings is 1. The van der Waals surface area contributed by atoms with Crippen molar-refractivity contribution in [2.45, 2.75) is 43.5 Å². The second kappa shape index (κ2) is 7.39. The molecule has 1 aliphatic carbocycles. The summed E-state index contributed by atoms with van der Waals surface area (Å²) in [5.74, 6) is 0.771. The molecule has 0 bridgehead atoms. The Morgan fingerprint density at radius 1 is 1.16 bits per heavy atom. The van der Waals surface area contributed by atoms with Gasteiger partial charge in [0.05, 0.1) is 42.0 Å². The first-order chi connectivity index (χ1) is 11.9. The molecular weight excluding hydrogens is 342 g/mol. The number of nitro groups is 1. The quantitative estimate of drug-likeness (QED) is 0.636. The molecule has 0 radical (unpaired) electrons. The number of hydrogen-bond donors (Lipinski definition) is 1. The van der Waals surface area contributed by atoms with E-state index in [1.54, 1.807) is 0 Å². The number of quaternary nitrogens is 1. The zero-order valence-electron chi connectivity index (χ0n) is 14.6. The zero-order valence-corrected chi connectivity index (χ0v) is 15.4. The van der Waals surface area contributed by atoms with E-state index in [2.05, 4.69) is 6.92 Å². The zero-order chi connectivity index (χ0) is 18.0. The van der Waals surface area contributed by atoms with Crippen molar-refractivity contribution in [1.29, 1.82) is 0 Å². The van der Waals surface area contributed by atoms with Crippen LogP contribution in [0.5, 0.6) is 0 Å². The summed E-state index contributed by atoms with van der Waals surface area (Å²) in [6.45, 7) is 5.01. The molecule has 1 N–H and O–H groups in total. The van der Waals surface area contributed by atoms with Crippen LogP contribution in [0.15, 0.2) is 29.2 Å². The van der Waals surface area contributed by atoms with E-state index >= 15 is 0 Å². The highest BCUT2D eigenvalue weighted by atomic mass is 32.2. The van der Waals surface area contributed by atoms with E-state index in [4.69, 9.17) is 0 Å². The lowest BCUT2D eigenvalue weighted by atomic mass is 9.86. The first-order valence-corrected chi connectivity index (χ1v) is 10.4. The summed E-state index contributed by atoms with van der Waals surface area (Å²) in [6.07, 6.45) is 5.07. The van der Waals surface area contributed by atoms with Crippen LogP contribution in [0.2, 0.25) is 0 Å². The van der Waals surface area contributed by atoms with Crippen molar-refractivity contribution in [3.8, 4) is 0 Å². The molecule has 1 saturated carbocycles. The second-order valence-corrected chi connectivity index (χ2v) is 9.22. The molecule has 25 heavy (non-hydrogen) atoms. The molecule has 1 aromatic rings. The Balaban J connectivity index is 1.64. The van der Waals surface area contributed by atoms with E-state index in [0.717, 1.165) is 19.0 Å². The second-order valence-electron chi connectivity index (χ2n) is 7.28. The predicted octanol–water partition coefficient (Wildman–Crippen LogP) is 1.06. The summed E-state index contributed by atoms with van der Waals surface area (Å²) in [6, 6.07) is 5.81. The van der Waals surface area contributed by atoms with E-state index < -0.39 is 14.9 Å². The number of nitrogens with zero attached hydrogens (tertiary/aromatic N) is 2.